The van der Waals surface area contributed by atoms with Crippen LogP contribution in [0.3, 0.4) is 0 Å². The van der Waals surface area contributed by atoms with E-state index in [9.17, 15) is 0 Å². The third-order valence-corrected chi connectivity index (χ3v) is 3.35. The quantitative estimate of drug-likeness (QED) is 0.585. The molecule has 0 saturated carbocycles. The third kappa shape index (κ3) is 6.48. The average molecular weight is 315 g/mol. The number of nitrogens with zero attached hydrogens (tertiary/aromatic N) is 1. The Balaban J connectivity index is 0.000000174. The molecule has 0 aliphatic heterocycles. The molecule has 3 aromatic carbocycles. The lowest BCUT2D eigenvalue weighted by atomic mass is 10.1. The van der Waals surface area contributed by atoms with Crippen molar-refractivity contribution in [1.82, 2.24) is 0 Å². The Morgan fingerprint density at radius 1 is 0.667 bits per heavy atom. The molecule has 3 aromatic rings. The summed E-state index contributed by atoms with van der Waals surface area (Å²) in [6.07, 6.45) is 0.465. The highest BCUT2D eigenvalue weighted by molar-refractivity contribution is 5.62. The number of rotatable bonds is 5. The molecule has 0 aliphatic rings. The lowest BCUT2D eigenvalue weighted by molar-refractivity contribution is 0.126. The van der Waals surface area contributed by atoms with E-state index >= 15 is 0 Å². The maximum Gasteiger partial charge on any atom is 0.0717 e. The zero-order chi connectivity index (χ0) is 16.9. The molecule has 0 aromatic heterocycles. The molecule has 120 valence electrons. The minimum Gasteiger partial charge on any atom is -0.376 e. The van der Waals surface area contributed by atoms with E-state index < -0.39 is 0 Å². The van der Waals surface area contributed by atoms with Gasteiger partial charge in [0.05, 0.1) is 25.7 Å². The van der Waals surface area contributed by atoms with E-state index in [1.807, 2.05) is 48.5 Å². The summed E-state index contributed by atoms with van der Waals surface area (Å²) in [7, 11) is 0. The van der Waals surface area contributed by atoms with Gasteiger partial charge in [-0.1, -0.05) is 91.0 Å². The zero-order valence-corrected chi connectivity index (χ0v) is 13.6. The molecule has 0 bridgehead atoms. The first-order chi connectivity index (χ1) is 11.9. The zero-order valence-electron chi connectivity index (χ0n) is 13.6. The summed E-state index contributed by atoms with van der Waals surface area (Å²) in [5, 5.41) is 8.23. The molecule has 0 amide bonds. The van der Waals surface area contributed by atoms with Crippen LogP contribution in [0.25, 0.3) is 11.1 Å². The Labute approximate surface area is 144 Å². The predicted molar refractivity (Wildman–Crippen MR) is 98.2 cm³/mol. The molecule has 2 heteroatoms. The fourth-order valence-electron chi connectivity index (χ4n) is 2.14. The molecule has 0 saturated heterocycles. The van der Waals surface area contributed by atoms with Crippen molar-refractivity contribution < 1.29 is 4.74 Å². The van der Waals surface area contributed by atoms with Gasteiger partial charge < -0.3 is 4.74 Å². The van der Waals surface area contributed by atoms with Gasteiger partial charge in [-0.2, -0.15) is 5.26 Å². The molecule has 2 nitrogen and oxygen atoms in total. The van der Waals surface area contributed by atoms with Crippen LogP contribution in [-0.2, 0) is 11.3 Å². The molecule has 0 aliphatic carbocycles. The van der Waals surface area contributed by atoms with Crippen LogP contribution in [0, 0.1) is 11.3 Å². The van der Waals surface area contributed by atoms with Crippen LogP contribution < -0.4 is 0 Å². The smallest absolute Gasteiger partial charge is 0.0717 e. The first-order valence-electron chi connectivity index (χ1n) is 7.99. The fourth-order valence-corrected chi connectivity index (χ4v) is 2.14. The van der Waals surface area contributed by atoms with E-state index in [4.69, 9.17) is 10.00 Å². The van der Waals surface area contributed by atoms with Crippen molar-refractivity contribution in [2.24, 2.45) is 0 Å². The molecular weight excluding hydrogens is 294 g/mol. The minimum atomic E-state index is 0.465. The molecule has 0 spiro atoms. The lowest BCUT2D eigenvalue weighted by Gasteiger charge is -2.00. The largest absolute Gasteiger partial charge is 0.376 e. The number of hydrogen-bond donors (Lipinski definition) is 0. The van der Waals surface area contributed by atoms with E-state index in [1.54, 1.807) is 0 Å². The first kappa shape index (κ1) is 17.5. The molecule has 0 N–H and O–H groups in total. The van der Waals surface area contributed by atoms with Crippen molar-refractivity contribution >= 4 is 0 Å². The average Bonchev–Trinajstić information content (AvgIpc) is 2.68. The van der Waals surface area contributed by atoms with Crippen molar-refractivity contribution in [1.29, 1.82) is 5.26 Å². The minimum absolute atomic E-state index is 0.465. The SMILES string of the molecule is N#CCCOCc1ccccc1.c1ccc(-c2ccccc2)cc1. The summed E-state index contributed by atoms with van der Waals surface area (Å²) in [6, 6.07) is 32.7. The van der Waals surface area contributed by atoms with E-state index in [1.165, 1.54) is 11.1 Å². The summed E-state index contributed by atoms with van der Waals surface area (Å²) in [6.45, 7) is 1.12. The van der Waals surface area contributed by atoms with Gasteiger partial charge in [-0.3, -0.25) is 0 Å². The highest BCUT2D eigenvalue weighted by Gasteiger charge is 1.92. The third-order valence-electron chi connectivity index (χ3n) is 3.35. The molecule has 0 unspecified atom stereocenters. The van der Waals surface area contributed by atoms with Gasteiger partial charge in [-0.15, -0.1) is 0 Å². The summed E-state index contributed by atoms with van der Waals surface area (Å²) in [5.74, 6) is 0. The Hall–Kier alpha value is -2.89. The van der Waals surface area contributed by atoms with Crippen LogP contribution in [0.4, 0.5) is 0 Å². The maximum atomic E-state index is 8.23. The van der Waals surface area contributed by atoms with Gasteiger partial charge in [0, 0.05) is 0 Å². The molecule has 3 rings (SSSR count). The molecule has 0 heterocycles. The van der Waals surface area contributed by atoms with Gasteiger partial charge >= 0.3 is 0 Å². The summed E-state index contributed by atoms with van der Waals surface area (Å²) in [5.41, 5.74) is 3.70. The van der Waals surface area contributed by atoms with E-state index in [0.29, 0.717) is 19.6 Å². The molecular formula is C22H21NO. The van der Waals surface area contributed by atoms with E-state index in [-0.39, 0.29) is 0 Å². The van der Waals surface area contributed by atoms with Gasteiger partial charge in [-0.05, 0) is 16.7 Å². The standard InChI is InChI=1S/C12H10.C10H11NO/c1-3-7-11(8-4-1)12-9-5-2-6-10-12;11-7-4-8-12-9-10-5-2-1-3-6-10/h1-10H;1-3,5-6H,4,8-9H2. The van der Waals surface area contributed by atoms with Gasteiger partial charge in [0.2, 0.25) is 0 Å². The van der Waals surface area contributed by atoms with Gasteiger partial charge in [-0.25, -0.2) is 0 Å². The first-order valence-corrected chi connectivity index (χ1v) is 7.99. The van der Waals surface area contributed by atoms with Crippen LogP contribution in [0.5, 0.6) is 0 Å². The van der Waals surface area contributed by atoms with Gasteiger partial charge in [0.15, 0.2) is 0 Å². The topological polar surface area (TPSA) is 33.0 Å². The molecule has 0 radical (unpaired) electrons. The Morgan fingerprint density at radius 2 is 1.12 bits per heavy atom. The van der Waals surface area contributed by atoms with Crippen LogP contribution in [0.15, 0.2) is 91.0 Å². The lowest BCUT2D eigenvalue weighted by Crippen LogP contribution is -1.93. The molecule has 0 atom stereocenters. The van der Waals surface area contributed by atoms with Crippen molar-refractivity contribution in [3.8, 4) is 17.2 Å². The highest BCUT2D eigenvalue weighted by Crippen LogP contribution is 2.17. The second-order valence-electron chi connectivity index (χ2n) is 5.18. The summed E-state index contributed by atoms with van der Waals surface area (Å²) in [4.78, 5) is 0. The summed E-state index contributed by atoms with van der Waals surface area (Å²) < 4.78 is 5.24. The van der Waals surface area contributed by atoms with Crippen LogP contribution in [-0.4, -0.2) is 6.61 Å². The Bertz CT molecular complexity index is 681. The Morgan fingerprint density at radius 3 is 1.58 bits per heavy atom. The number of nitriles is 1. The predicted octanol–water partition coefficient (Wildman–Crippen LogP) is 5.47. The van der Waals surface area contributed by atoms with Crippen molar-refractivity contribution in [3.05, 3.63) is 96.6 Å². The van der Waals surface area contributed by atoms with Crippen LogP contribution in [0.1, 0.15) is 12.0 Å². The van der Waals surface area contributed by atoms with Crippen molar-refractivity contribution in [3.63, 3.8) is 0 Å². The highest BCUT2D eigenvalue weighted by atomic mass is 16.5. The van der Waals surface area contributed by atoms with Gasteiger partial charge in [0.1, 0.15) is 0 Å². The van der Waals surface area contributed by atoms with Crippen molar-refractivity contribution in [2.45, 2.75) is 13.0 Å². The maximum absolute atomic E-state index is 8.23. The number of ether oxygens (including phenoxy) is 1. The number of hydrogen-bond acceptors (Lipinski definition) is 2. The second-order valence-corrected chi connectivity index (χ2v) is 5.18. The number of benzene rings is 3. The van der Waals surface area contributed by atoms with Gasteiger partial charge in [0.25, 0.3) is 0 Å². The summed E-state index contributed by atoms with van der Waals surface area (Å²) >= 11 is 0. The normalized spacial score (nSPS) is 9.46. The van der Waals surface area contributed by atoms with E-state index in [2.05, 4.69) is 48.5 Å². The monoisotopic (exact) mass is 315 g/mol. The Kier molecular flexibility index (Phi) is 7.84. The van der Waals surface area contributed by atoms with Crippen molar-refractivity contribution in [2.75, 3.05) is 6.61 Å². The molecule has 24 heavy (non-hydrogen) atoms. The van der Waals surface area contributed by atoms with Crippen LogP contribution in [0.2, 0.25) is 0 Å². The van der Waals surface area contributed by atoms with Crippen LogP contribution >= 0.6 is 0 Å². The molecule has 0 fully saturated rings. The van der Waals surface area contributed by atoms with E-state index in [0.717, 1.165) is 5.56 Å². The fraction of sp³-hybridized carbons (Fsp3) is 0.136. The second kappa shape index (κ2) is 10.8.